The minimum Gasteiger partial charge on any atom is -0.478 e. The first-order valence-electron chi connectivity index (χ1n) is 5.28. The van der Waals surface area contributed by atoms with E-state index in [1.54, 1.807) is 18.6 Å². The molecule has 0 saturated carbocycles. The van der Waals surface area contributed by atoms with Crippen molar-refractivity contribution in [1.82, 2.24) is 9.55 Å². The van der Waals surface area contributed by atoms with Crippen LogP contribution in [0.5, 0.6) is 0 Å². The predicted molar refractivity (Wildman–Crippen MR) is 66.3 cm³/mol. The Kier molecular flexibility index (Phi) is 3.99. The number of thioether (sulfide) groups is 1. The molecular formula is C12H11FN2O2S. The molecule has 6 heteroatoms. The highest BCUT2D eigenvalue weighted by Gasteiger charge is 2.10. The molecule has 2 aromatic rings. The SMILES string of the molecule is O=C(O)c1cc(SCCn2ccnc2)ccc1F. The maximum absolute atomic E-state index is 13.2. The molecule has 1 aromatic heterocycles. The Bertz CT molecular complexity index is 543. The lowest BCUT2D eigenvalue weighted by Crippen LogP contribution is -2.01. The third-order valence-corrected chi connectivity index (χ3v) is 3.32. The summed E-state index contributed by atoms with van der Waals surface area (Å²) in [6.07, 6.45) is 5.27. The van der Waals surface area contributed by atoms with Crippen LogP contribution in [0.2, 0.25) is 0 Å². The number of aromatic nitrogens is 2. The molecule has 0 bridgehead atoms. The molecule has 0 radical (unpaired) electrons. The third-order valence-electron chi connectivity index (χ3n) is 2.35. The normalized spacial score (nSPS) is 10.5. The molecule has 0 fully saturated rings. The first-order chi connectivity index (χ1) is 8.66. The molecule has 2 rings (SSSR count). The van der Waals surface area contributed by atoms with Gasteiger partial charge >= 0.3 is 5.97 Å². The van der Waals surface area contributed by atoms with Crippen LogP contribution in [0.15, 0.2) is 41.8 Å². The highest BCUT2D eigenvalue weighted by Crippen LogP contribution is 2.21. The predicted octanol–water partition coefficient (Wildman–Crippen LogP) is 2.51. The van der Waals surface area contributed by atoms with Crippen LogP contribution in [0.4, 0.5) is 4.39 Å². The standard InChI is InChI=1S/C12H11FN2O2S/c13-11-2-1-9(7-10(11)12(16)17)18-6-5-15-4-3-14-8-15/h1-4,7-8H,5-6H2,(H,16,17). The quantitative estimate of drug-likeness (QED) is 0.845. The lowest BCUT2D eigenvalue weighted by Gasteiger charge is -2.04. The maximum atomic E-state index is 13.2. The van der Waals surface area contributed by atoms with E-state index in [0.29, 0.717) is 0 Å². The summed E-state index contributed by atoms with van der Waals surface area (Å²) < 4.78 is 15.1. The summed E-state index contributed by atoms with van der Waals surface area (Å²) in [4.78, 5) is 15.4. The van der Waals surface area contributed by atoms with Crippen LogP contribution >= 0.6 is 11.8 Å². The fourth-order valence-electron chi connectivity index (χ4n) is 1.45. The molecule has 1 heterocycles. The van der Waals surface area contributed by atoms with Gasteiger partial charge in [0.25, 0.3) is 0 Å². The summed E-state index contributed by atoms with van der Waals surface area (Å²) in [6.45, 7) is 0.768. The summed E-state index contributed by atoms with van der Waals surface area (Å²) in [5.74, 6) is -1.19. The molecule has 0 aliphatic rings. The molecule has 0 atom stereocenters. The molecule has 0 saturated heterocycles. The molecule has 1 N–H and O–H groups in total. The van der Waals surface area contributed by atoms with Crippen molar-refractivity contribution in [3.8, 4) is 0 Å². The molecule has 4 nitrogen and oxygen atoms in total. The Hall–Kier alpha value is -1.82. The lowest BCUT2D eigenvalue weighted by atomic mass is 10.2. The van der Waals surface area contributed by atoms with E-state index in [0.717, 1.165) is 17.2 Å². The van der Waals surface area contributed by atoms with E-state index < -0.39 is 11.8 Å². The van der Waals surface area contributed by atoms with Crippen molar-refractivity contribution in [3.05, 3.63) is 48.3 Å². The number of rotatable bonds is 5. The minimum atomic E-state index is -1.25. The summed E-state index contributed by atoms with van der Waals surface area (Å²) in [5, 5.41) is 8.80. The van der Waals surface area contributed by atoms with Crippen molar-refractivity contribution in [2.24, 2.45) is 0 Å². The number of benzene rings is 1. The Balaban J connectivity index is 1.97. The molecule has 1 aromatic carbocycles. The minimum absolute atomic E-state index is 0.289. The first kappa shape index (κ1) is 12.6. The van der Waals surface area contributed by atoms with Gasteiger partial charge in [0.15, 0.2) is 0 Å². The van der Waals surface area contributed by atoms with Crippen molar-refractivity contribution in [1.29, 1.82) is 0 Å². The van der Waals surface area contributed by atoms with Gasteiger partial charge in [-0.3, -0.25) is 0 Å². The summed E-state index contributed by atoms with van der Waals surface area (Å²) in [5.41, 5.74) is -0.289. The van der Waals surface area contributed by atoms with E-state index in [9.17, 15) is 9.18 Å². The highest BCUT2D eigenvalue weighted by molar-refractivity contribution is 7.99. The molecule has 0 aliphatic heterocycles. The molecule has 0 amide bonds. The van der Waals surface area contributed by atoms with Crippen LogP contribution in [0.25, 0.3) is 0 Å². The second kappa shape index (κ2) is 5.68. The average molecular weight is 266 g/mol. The zero-order valence-electron chi connectivity index (χ0n) is 9.41. The largest absolute Gasteiger partial charge is 0.478 e. The molecule has 94 valence electrons. The Morgan fingerprint density at radius 1 is 1.50 bits per heavy atom. The van der Waals surface area contributed by atoms with Crippen LogP contribution in [0.1, 0.15) is 10.4 Å². The number of aryl methyl sites for hydroxylation is 1. The number of imidazole rings is 1. The van der Waals surface area contributed by atoms with Gasteiger partial charge in [0, 0.05) is 29.6 Å². The van der Waals surface area contributed by atoms with Gasteiger partial charge in [-0.15, -0.1) is 11.8 Å². The molecular weight excluding hydrogens is 255 g/mol. The van der Waals surface area contributed by atoms with Crippen molar-refractivity contribution < 1.29 is 14.3 Å². The fourth-order valence-corrected chi connectivity index (χ4v) is 2.35. The van der Waals surface area contributed by atoms with Gasteiger partial charge < -0.3 is 9.67 Å². The van der Waals surface area contributed by atoms with Crippen molar-refractivity contribution >= 4 is 17.7 Å². The molecule has 18 heavy (non-hydrogen) atoms. The lowest BCUT2D eigenvalue weighted by molar-refractivity contribution is 0.0691. The molecule has 0 spiro atoms. The fraction of sp³-hybridized carbons (Fsp3) is 0.167. The highest BCUT2D eigenvalue weighted by atomic mass is 32.2. The van der Waals surface area contributed by atoms with Crippen LogP contribution in [0.3, 0.4) is 0 Å². The number of hydrogen-bond acceptors (Lipinski definition) is 3. The zero-order chi connectivity index (χ0) is 13.0. The van der Waals surface area contributed by atoms with E-state index in [2.05, 4.69) is 4.98 Å². The van der Waals surface area contributed by atoms with Gasteiger partial charge in [-0.1, -0.05) is 0 Å². The zero-order valence-corrected chi connectivity index (χ0v) is 10.2. The van der Waals surface area contributed by atoms with Crippen LogP contribution in [0, 0.1) is 5.82 Å². The topological polar surface area (TPSA) is 55.1 Å². The second-order valence-corrected chi connectivity index (χ2v) is 4.76. The van der Waals surface area contributed by atoms with Crippen LogP contribution in [-0.4, -0.2) is 26.4 Å². The number of carboxylic acids is 1. The monoisotopic (exact) mass is 266 g/mol. The van der Waals surface area contributed by atoms with Gasteiger partial charge in [-0.25, -0.2) is 14.2 Å². The number of hydrogen-bond donors (Lipinski definition) is 1. The van der Waals surface area contributed by atoms with Gasteiger partial charge in [0.1, 0.15) is 5.82 Å². The van der Waals surface area contributed by atoms with E-state index in [1.165, 1.54) is 23.9 Å². The average Bonchev–Trinajstić information content (AvgIpc) is 2.84. The third kappa shape index (κ3) is 3.10. The first-order valence-corrected chi connectivity index (χ1v) is 6.27. The van der Waals surface area contributed by atoms with Crippen molar-refractivity contribution in [3.63, 3.8) is 0 Å². The van der Waals surface area contributed by atoms with E-state index in [4.69, 9.17) is 5.11 Å². The number of aromatic carboxylic acids is 1. The smallest absolute Gasteiger partial charge is 0.338 e. The molecule has 0 unspecified atom stereocenters. The number of nitrogens with zero attached hydrogens (tertiary/aromatic N) is 2. The van der Waals surface area contributed by atoms with Crippen LogP contribution < -0.4 is 0 Å². The Labute approximate surface area is 107 Å². The number of halogens is 1. The van der Waals surface area contributed by atoms with E-state index in [-0.39, 0.29) is 5.56 Å². The number of carboxylic acid groups (broad SMARTS) is 1. The Morgan fingerprint density at radius 3 is 3.00 bits per heavy atom. The second-order valence-electron chi connectivity index (χ2n) is 3.60. The summed E-state index contributed by atoms with van der Waals surface area (Å²) in [6, 6.07) is 4.12. The Morgan fingerprint density at radius 2 is 2.33 bits per heavy atom. The van der Waals surface area contributed by atoms with Gasteiger partial charge in [-0.2, -0.15) is 0 Å². The van der Waals surface area contributed by atoms with Gasteiger partial charge in [0.2, 0.25) is 0 Å². The van der Waals surface area contributed by atoms with Crippen molar-refractivity contribution in [2.45, 2.75) is 11.4 Å². The van der Waals surface area contributed by atoms with E-state index in [1.807, 2.05) is 10.8 Å². The van der Waals surface area contributed by atoms with Crippen molar-refractivity contribution in [2.75, 3.05) is 5.75 Å². The van der Waals surface area contributed by atoms with Gasteiger partial charge in [0.05, 0.1) is 11.9 Å². The number of carbonyl (C=O) groups is 1. The molecule has 0 aliphatic carbocycles. The van der Waals surface area contributed by atoms with Crippen LogP contribution in [-0.2, 0) is 6.54 Å². The maximum Gasteiger partial charge on any atom is 0.338 e. The van der Waals surface area contributed by atoms with Gasteiger partial charge in [-0.05, 0) is 18.2 Å². The van der Waals surface area contributed by atoms with E-state index >= 15 is 0 Å². The summed E-state index contributed by atoms with van der Waals surface area (Å²) in [7, 11) is 0. The summed E-state index contributed by atoms with van der Waals surface area (Å²) >= 11 is 1.48.